The second-order valence-corrected chi connectivity index (χ2v) is 9.37. The predicted octanol–water partition coefficient (Wildman–Crippen LogP) is 4.95. The highest BCUT2D eigenvalue weighted by molar-refractivity contribution is 8.93. The number of nitrogens with two attached hydrogens (primary N) is 1. The van der Waals surface area contributed by atoms with E-state index in [1.54, 1.807) is 45.2 Å². The molecule has 0 aliphatic carbocycles. The van der Waals surface area contributed by atoms with Gasteiger partial charge in [-0.15, -0.1) is 34.0 Å². The lowest BCUT2D eigenvalue weighted by Gasteiger charge is -2.35. The summed E-state index contributed by atoms with van der Waals surface area (Å²) in [6.45, 7) is 4.39. The summed E-state index contributed by atoms with van der Waals surface area (Å²) < 4.78 is 35.5. The number of benzene rings is 2. The van der Waals surface area contributed by atoms with E-state index in [-0.39, 0.29) is 45.3 Å². The van der Waals surface area contributed by atoms with Crippen molar-refractivity contribution in [3.8, 4) is 23.0 Å². The Morgan fingerprint density at radius 3 is 2.26 bits per heavy atom. The number of halogens is 3. The second-order valence-electron chi connectivity index (χ2n) is 8.24. The summed E-state index contributed by atoms with van der Waals surface area (Å²) in [6.07, 6.45) is 2.20. The third kappa shape index (κ3) is 6.88. The molecule has 0 aromatic heterocycles. The van der Waals surface area contributed by atoms with Crippen molar-refractivity contribution >= 4 is 51.4 Å². The number of nitrogens with zero attached hydrogens (tertiary/aromatic N) is 2. The lowest BCUT2D eigenvalue weighted by molar-refractivity contribution is 0.156. The Hall–Kier alpha value is -1.40. The molecule has 35 heavy (non-hydrogen) atoms. The minimum atomic E-state index is -0.251. The maximum Gasteiger partial charge on any atom is 0.204 e. The zero-order chi connectivity index (χ0) is 23.4. The molecule has 0 saturated carbocycles. The topological polar surface area (TPSA) is 69.4 Å². The number of anilines is 1. The SMILES string of the molecule is Br.Br.COc1cc2c(c(OC)c1OC)SC(N)N2CC1CCN(CCOc2ccc(F)cc2)CC1. The van der Waals surface area contributed by atoms with Gasteiger partial charge in [0.15, 0.2) is 11.5 Å². The first-order valence-electron chi connectivity index (χ1n) is 11.2. The largest absolute Gasteiger partial charge is 0.493 e. The fraction of sp³-hybridized carbons (Fsp3) is 0.500. The summed E-state index contributed by atoms with van der Waals surface area (Å²) >= 11 is 1.59. The zero-order valence-corrected chi connectivity index (χ0v) is 24.4. The molecule has 4 rings (SSSR count). The van der Waals surface area contributed by atoms with Crippen molar-refractivity contribution in [1.82, 2.24) is 4.90 Å². The number of ether oxygens (including phenoxy) is 4. The Morgan fingerprint density at radius 1 is 1.00 bits per heavy atom. The highest BCUT2D eigenvalue weighted by Crippen LogP contribution is 2.54. The van der Waals surface area contributed by atoms with Crippen molar-refractivity contribution in [2.24, 2.45) is 11.7 Å². The number of piperidine rings is 1. The van der Waals surface area contributed by atoms with Crippen LogP contribution in [0.4, 0.5) is 10.1 Å². The molecule has 2 aromatic carbocycles. The van der Waals surface area contributed by atoms with E-state index < -0.39 is 0 Å². The van der Waals surface area contributed by atoms with E-state index in [0.29, 0.717) is 35.5 Å². The fourth-order valence-electron chi connectivity index (χ4n) is 4.46. The number of fused-ring (bicyclic) bond motifs is 1. The van der Waals surface area contributed by atoms with Gasteiger partial charge in [-0.05, 0) is 56.1 Å². The maximum absolute atomic E-state index is 13.0. The molecule has 1 fully saturated rings. The third-order valence-corrected chi connectivity index (χ3v) is 7.40. The van der Waals surface area contributed by atoms with E-state index in [2.05, 4.69) is 9.80 Å². The van der Waals surface area contributed by atoms with Gasteiger partial charge in [0.2, 0.25) is 5.75 Å². The van der Waals surface area contributed by atoms with E-state index in [0.717, 1.165) is 49.6 Å². The van der Waals surface area contributed by atoms with Gasteiger partial charge >= 0.3 is 0 Å². The first kappa shape index (κ1) is 29.8. The molecule has 0 amide bonds. The minimum absolute atomic E-state index is 0. The summed E-state index contributed by atoms with van der Waals surface area (Å²) in [5, 5.41) is 0. The van der Waals surface area contributed by atoms with Gasteiger partial charge in [0.05, 0.1) is 31.9 Å². The molecule has 2 aliphatic heterocycles. The summed E-state index contributed by atoms with van der Waals surface area (Å²) in [5.74, 6) is 2.91. The number of thioether (sulfide) groups is 1. The highest BCUT2D eigenvalue weighted by atomic mass is 79.9. The van der Waals surface area contributed by atoms with Crippen molar-refractivity contribution in [2.75, 3.05) is 59.0 Å². The van der Waals surface area contributed by atoms with Gasteiger partial charge in [-0.2, -0.15) is 0 Å². The van der Waals surface area contributed by atoms with Crippen molar-refractivity contribution in [3.05, 3.63) is 36.1 Å². The fourth-order valence-corrected chi connectivity index (χ4v) is 5.61. The number of hydrogen-bond donors (Lipinski definition) is 1. The van der Waals surface area contributed by atoms with Gasteiger partial charge in [0, 0.05) is 19.2 Å². The molecule has 7 nitrogen and oxygen atoms in total. The van der Waals surface area contributed by atoms with Crippen LogP contribution in [0.2, 0.25) is 0 Å². The van der Waals surface area contributed by atoms with E-state index >= 15 is 0 Å². The Morgan fingerprint density at radius 2 is 1.66 bits per heavy atom. The maximum atomic E-state index is 13.0. The molecule has 0 radical (unpaired) electrons. The molecule has 1 unspecified atom stereocenters. The van der Waals surface area contributed by atoms with Crippen molar-refractivity contribution in [1.29, 1.82) is 0 Å². The molecule has 2 heterocycles. The van der Waals surface area contributed by atoms with Gasteiger partial charge in [0.25, 0.3) is 0 Å². The molecule has 196 valence electrons. The van der Waals surface area contributed by atoms with Gasteiger partial charge in [-0.1, -0.05) is 11.8 Å². The van der Waals surface area contributed by atoms with Crippen LogP contribution in [0.1, 0.15) is 12.8 Å². The Bertz CT molecular complexity index is 949. The van der Waals surface area contributed by atoms with Crippen LogP contribution in [0.5, 0.6) is 23.0 Å². The van der Waals surface area contributed by atoms with Crippen molar-refractivity contribution in [3.63, 3.8) is 0 Å². The van der Waals surface area contributed by atoms with Gasteiger partial charge < -0.3 is 29.6 Å². The Labute approximate surface area is 231 Å². The van der Waals surface area contributed by atoms with Crippen molar-refractivity contribution < 1.29 is 23.3 Å². The Balaban J connectivity index is 0.00000216. The number of rotatable bonds is 9. The summed E-state index contributed by atoms with van der Waals surface area (Å²) in [7, 11) is 4.88. The first-order valence-corrected chi connectivity index (χ1v) is 12.0. The normalized spacial score (nSPS) is 17.7. The summed E-state index contributed by atoms with van der Waals surface area (Å²) in [4.78, 5) is 5.67. The molecule has 11 heteroatoms. The first-order chi connectivity index (χ1) is 16.0. The van der Waals surface area contributed by atoms with Crippen molar-refractivity contribution in [2.45, 2.75) is 23.2 Å². The van der Waals surface area contributed by atoms with Gasteiger partial charge in [-0.25, -0.2) is 4.39 Å². The lowest BCUT2D eigenvalue weighted by Crippen LogP contribution is -2.43. The van der Waals surface area contributed by atoms with E-state index in [1.165, 1.54) is 12.1 Å². The molecule has 0 bridgehead atoms. The second kappa shape index (κ2) is 13.8. The molecule has 0 spiro atoms. The van der Waals surface area contributed by atoms with Crippen LogP contribution in [0.15, 0.2) is 35.2 Å². The van der Waals surface area contributed by atoms with Crippen LogP contribution in [-0.2, 0) is 0 Å². The zero-order valence-electron chi connectivity index (χ0n) is 20.2. The van der Waals surface area contributed by atoms with Crippen LogP contribution in [-0.4, -0.2) is 64.5 Å². The molecule has 2 aromatic rings. The smallest absolute Gasteiger partial charge is 0.204 e. The van der Waals surface area contributed by atoms with Gasteiger partial charge in [-0.3, -0.25) is 4.90 Å². The molecule has 2 N–H and O–H groups in total. The standard InChI is InChI=1S/C24H32FN3O4S.2BrH/c1-29-20-14-19-23(22(31-3)21(20)30-2)33-24(26)28(19)15-16-8-10-27(11-9-16)12-13-32-18-6-4-17(25)5-7-18;;/h4-7,14,16,24H,8-13,15,26H2,1-3H3;2*1H. The summed E-state index contributed by atoms with van der Waals surface area (Å²) in [5.41, 5.74) is 7.38. The van der Waals surface area contributed by atoms with E-state index in [9.17, 15) is 4.39 Å². The van der Waals surface area contributed by atoms with E-state index in [1.807, 2.05) is 6.07 Å². The number of likely N-dealkylation sites (tertiary alicyclic amines) is 1. The van der Waals surface area contributed by atoms with Crippen LogP contribution < -0.4 is 29.6 Å². The Kier molecular flexibility index (Phi) is 11.7. The van der Waals surface area contributed by atoms with Crippen LogP contribution in [0.25, 0.3) is 0 Å². The average molecular weight is 639 g/mol. The van der Waals surface area contributed by atoms with E-state index in [4.69, 9.17) is 24.7 Å². The monoisotopic (exact) mass is 637 g/mol. The predicted molar refractivity (Wildman–Crippen MR) is 149 cm³/mol. The quantitative estimate of drug-likeness (QED) is 0.414. The van der Waals surface area contributed by atoms with Crippen LogP contribution >= 0.6 is 45.7 Å². The summed E-state index contributed by atoms with van der Waals surface area (Å²) in [6, 6.07) is 8.16. The molecular weight excluding hydrogens is 605 g/mol. The minimum Gasteiger partial charge on any atom is -0.493 e. The number of hydrogen-bond acceptors (Lipinski definition) is 8. The molecular formula is C24H34Br2FN3O4S. The highest BCUT2D eigenvalue weighted by Gasteiger charge is 2.35. The average Bonchev–Trinajstić information content (AvgIpc) is 3.14. The molecule has 1 atom stereocenters. The van der Waals surface area contributed by atoms with Crippen LogP contribution in [0, 0.1) is 11.7 Å². The molecule has 1 saturated heterocycles. The van der Waals surface area contributed by atoms with Crippen LogP contribution in [0.3, 0.4) is 0 Å². The van der Waals surface area contributed by atoms with Gasteiger partial charge in [0.1, 0.15) is 23.7 Å². The third-order valence-electron chi connectivity index (χ3n) is 6.27. The lowest BCUT2D eigenvalue weighted by atomic mass is 9.96. The molecule has 2 aliphatic rings. The number of methoxy groups -OCH3 is 3.